The van der Waals surface area contributed by atoms with Crippen LogP contribution in [0, 0.1) is 0 Å². The summed E-state index contributed by atoms with van der Waals surface area (Å²) in [4.78, 5) is 24.5. The molecule has 0 atom stereocenters. The average Bonchev–Trinajstić information content (AvgIpc) is 2.30. The van der Waals surface area contributed by atoms with Crippen molar-refractivity contribution in [3.05, 3.63) is 0 Å². The molecule has 0 unspecified atom stereocenters. The van der Waals surface area contributed by atoms with Gasteiger partial charge in [0.2, 0.25) is 11.8 Å². The van der Waals surface area contributed by atoms with Crippen LogP contribution >= 0.6 is 0 Å². The zero-order valence-corrected chi connectivity index (χ0v) is 9.62. The Bertz CT molecular complexity index is 239. The molecule has 1 aliphatic rings. The number of rotatable bonds is 5. The highest BCUT2D eigenvalue weighted by molar-refractivity contribution is 5.80. The molecule has 2 N–H and O–H groups in total. The van der Waals surface area contributed by atoms with E-state index < -0.39 is 0 Å². The maximum Gasteiger partial charge on any atom is 0.233 e. The fourth-order valence-electron chi connectivity index (χ4n) is 1.50. The summed E-state index contributed by atoms with van der Waals surface area (Å²) < 4.78 is 5.15. The molecule has 0 aromatic carbocycles. The Morgan fingerprint density at radius 1 is 1.31 bits per heavy atom. The van der Waals surface area contributed by atoms with E-state index in [0.717, 1.165) is 0 Å². The number of amides is 2. The summed E-state index contributed by atoms with van der Waals surface area (Å²) in [5.41, 5.74) is 0. The number of morpholine rings is 1. The Labute approximate surface area is 95.3 Å². The van der Waals surface area contributed by atoms with Crippen LogP contribution in [0.15, 0.2) is 0 Å². The molecule has 0 radical (unpaired) electrons. The van der Waals surface area contributed by atoms with E-state index in [9.17, 15) is 9.59 Å². The first kappa shape index (κ1) is 12.9. The summed E-state index contributed by atoms with van der Waals surface area (Å²) in [7, 11) is 1.71. The normalized spacial score (nSPS) is 15.9. The van der Waals surface area contributed by atoms with E-state index in [1.165, 1.54) is 0 Å². The lowest BCUT2D eigenvalue weighted by atomic mass is 10.3. The number of carbonyl (C=O) groups is 2. The first-order valence-corrected chi connectivity index (χ1v) is 5.51. The van der Waals surface area contributed by atoms with Crippen LogP contribution in [0.1, 0.15) is 6.42 Å². The van der Waals surface area contributed by atoms with Crippen LogP contribution in [0.5, 0.6) is 0 Å². The van der Waals surface area contributed by atoms with Crippen LogP contribution in [0.3, 0.4) is 0 Å². The minimum atomic E-state index is -0.0859. The Morgan fingerprint density at radius 3 is 2.62 bits per heavy atom. The van der Waals surface area contributed by atoms with Gasteiger partial charge in [-0.15, -0.1) is 0 Å². The molecule has 1 fully saturated rings. The highest BCUT2D eigenvalue weighted by atomic mass is 16.5. The van der Waals surface area contributed by atoms with Gasteiger partial charge in [-0.25, -0.2) is 0 Å². The summed E-state index contributed by atoms with van der Waals surface area (Å²) >= 11 is 0. The molecule has 1 aliphatic heterocycles. The average molecular weight is 229 g/mol. The molecule has 1 saturated heterocycles. The number of hydrogen-bond donors (Lipinski definition) is 2. The molecule has 2 amide bonds. The summed E-state index contributed by atoms with van der Waals surface area (Å²) in [6.45, 7) is 3.21. The number of likely N-dealkylation sites (N-methyl/N-ethyl adjacent to an activating group) is 1. The maximum atomic E-state index is 11.6. The van der Waals surface area contributed by atoms with E-state index in [1.54, 1.807) is 11.9 Å². The summed E-state index contributed by atoms with van der Waals surface area (Å²) in [5, 5.41) is 5.42. The monoisotopic (exact) mass is 229 g/mol. The van der Waals surface area contributed by atoms with Crippen molar-refractivity contribution in [2.75, 3.05) is 46.4 Å². The predicted octanol–water partition coefficient (Wildman–Crippen LogP) is -1.43. The largest absolute Gasteiger partial charge is 0.378 e. The minimum absolute atomic E-state index is 0.0769. The third-order valence-corrected chi connectivity index (χ3v) is 2.36. The van der Waals surface area contributed by atoms with Crippen molar-refractivity contribution in [1.82, 2.24) is 15.5 Å². The Kier molecular flexibility index (Phi) is 5.81. The van der Waals surface area contributed by atoms with Crippen molar-refractivity contribution < 1.29 is 14.3 Å². The van der Waals surface area contributed by atoms with Gasteiger partial charge in [-0.2, -0.15) is 0 Å². The van der Waals surface area contributed by atoms with E-state index in [1.807, 2.05) is 0 Å². The molecule has 6 nitrogen and oxygen atoms in total. The van der Waals surface area contributed by atoms with Crippen LogP contribution in [0.25, 0.3) is 0 Å². The van der Waals surface area contributed by atoms with Crippen LogP contribution in [-0.4, -0.2) is 63.2 Å². The standard InChI is InChI=1S/C10H19N3O3/c1-11-8-9(14)12-3-2-10(15)13-4-6-16-7-5-13/h11H,2-8H2,1H3,(H,12,14). The number of ether oxygens (including phenoxy) is 1. The zero-order chi connectivity index (χ0) is 11.8. The third kappa shape index (κ3) is 4.59. The first-order valence-electron chi connectivity index (χ1n) is 5.51. The van der Waals surface area contributed by atoms with Gasteiger partial charge in [0.05, 0.1) is 19.8 Å². The maximum absolute atomic E-state index is 11.6. The smallest absolute Gasteiger partial charge is 0.233 e. The van der Waals surface area contributed by atoms with Crippen LogP contribution < -0.4 is 10.6 Å². The fourth-order valence-corrected chi connectivity index (χ4v) is 1.50. The second-order valence-electron chi connectivity index (χ2n) is 3.62. The Balaban J connectivity index is 2.12. The third-order valence-electron chi connectivity index (χ3n) is 2.36. The lowest BCUT2D eigenvalue weighted by Crippen LogP contribution is -2.42. The van der Waals surface area contributed by atoms with Crippen LogP contribution in [-0.2, 0) is 14.3 Å². The van der Waals surface area contributed by atoms with Gasteiger partial charge in [0.15, 0.2) is 0 Å². The number of carbonyl (C=O) groups excluding carboxylic acids is 2. The molecule has 1 rings (SSSR count). The molecule has 1 heterocycles. The van der Waals surface area contributed by atoms with Gasteiger partial charge in [0, 0.05) is 26.1 Å². The van der Waals surface area contributed by atoms with Gasteiger partial charge in [-0.1, -0.05) is 0 Å². The molecule has 16 heavy (non-hydrogen) atoms. The minimum Gasteiger partial charge on any atom is -0.378 e. The summed E-state index contributed by atoms with van der Waals surface area (Å²) in [6, 6.07) is 0. The summed E-state index contributed by atoms with van der Waals surface area (Å²) in [6.07, 6.45) is 0.357. The number of nitrogens with one attached hydrogen (secondary N) is 2. The number of hydrogen-bond acceptors (Lipinski definition) is 4. The van der Waals surface area contributed by atoms with Crippen LogP contribution in [0.4, 0.5) is 0 Å². The van der Waals surface area contributed by atoms with Crippen molar-refractivity contribution in [3.8, 4) is 0 Å². The molecule has 0 saturated carbocycles. The topological polar surface area (TPSA) is 70.7 Å². The molecular weight excluding hydrogens is 210 g/mol. The van der Waals surface area contributed by atoms with Crippen molar-refractivity contribution in [2.24, 2.45) is 0 Å². The predicted molar refractivity (Wildman–Crippen MR) is 59.0 cm³/mol. The Morgan fingerprint density at radius 2 is 2.00 bits per heavy atom. The van der Waals surface area contributed by atoms with Crippen molar-refractivity contribution in [1.29, 1.82) is 0 Å². The van der Waals surface area contributed by atoms with E-state index in [0.29, 0.717) is 39.3 Å². The first-order chi connectivity index (χ1) is 7.74. The number of nitrogens with zero attached hydrogens (tertiary/aromatic N) is 1. The Hall–Kier alpha value is -1.14. The lowest BCUT2D eigenvalue weighted by molar-refractivity contribution is -0.135. The second kappa shape index (κ2) is 7.19. The summed E-state index contributed by atoms with van der Waals surface area (Å²) in [5.74, 6) is -0.00895. The van der Waals surface area contributed by atoms with Crippen LogP contribution in [0.2, 0.25) is 0 Å². The zero-order valence-electron chi connectivity index (χ0n) is 9.62. The van der Waals surface area contributed by atoms with Gasteiger partial charge in [0.1, 0.15) is 0 Å². The van der Waals surface area contributed by atoms with E-state index >= 15 is 0 Å². The van der Waals surface area contributed by atoms with Gasteiger partial charge in [0.25, 0.3) is 0 Å². The van der Waals surface area contributed by atoms with Gasteiger partial charge in [-0.05, 0) is 7.05 Å². The van der Waals surface area contributed by atoms with Gasteiger partial charge >= 0.3 is 0 Å². The SMILES string of the molecule is CNCC(=O)NCCC(=O)N1CCOCC1. The van der Waals surface area contributed by atoms with Crippen molar-refractivity contribution in [3.63, 3.8) is 0 Å². The molecule has 0 spiro atoms. The van der Waals surface area contributed by atoms with Crippen molar-refractivity contribution in [2.45, 2.75) is 6.42 Å². The van der Waals surface area contributed by atoms with E-state index in [4.69, 9.17) is 4.74 Å². The molecular formula is C10H19N3O3. The molecule has 0 bridgehead atoms. The molecule has 6 heteroatoms. The van der Waals surface area contributed by atoms with Gasteiger partial charge in [-0.3, -0.25) is 9.59 Å². The second-order valence-corrected chi connectivity index (χ2v) is 3.62. The lowest BCUT2D eigenvalue weighted by Gasteiger charge is -2.26. The van der Waals surface area contributed by atoms with E-state index in [2.05, 4.69) is 10.6 Å². The highest BCUT2D eigenvalue weighted by Gasteiger charge is 2.16. The van der Waals surface area contributed by atoms with Gasteiger partial charge < -0.3 is 20.3 Å². The fraction of sp³-hybridized carbons (Fsp3) is 0.800. The molecule has 0 aliphatic carbocycles. The quantitative estimate of drug-likeness (QED) is 0.606. The highest BCUT2D eigenvalue weighted by Crippen LogP contribution is 1.99. The molecule has 0 aromatic rings. The molecule has 0 aromatic heterocycles. The van der Waals surface area contributed by atoms with Crippen molar-refractivity contribution >= 4 is 11.8 Å². The van der Waals surface area contributed by atoms with E-state index in [-0.39, 0.29) is 18.4 Å². The molecule has 92 valence electrons.